The average Bonchev–Trinajstić information content (AvgIpc) is 1.60. The summed E-state index contributed by atoms with van der Waals surface area (Å²) in [5, 5.41) is 4.07. The molecule has 4 aromatic carbocycles. The summed E-state index contributed by atoms with van der Waals surface area (Å²) in [6.07, 6.45) is 0.148. The molecular weight excluding hydrogens is 1240 g/mol. The Balaban J connectivity index is 0.000000182. The van der Waals surface area contributed by atoms with Crippen molar-refractivity contribution >= 4 is 104 Å². The summed E-state index contributed by atoms with van der Waals surface area (Å²) in [7, 11) is 3.67. The molecule has 0 spiro atoms. The first-order chi connectivity index (χ1) is 41.7. The lowest BCUT2D eigenvalue weighted by atomic mass is 9.81. The fourth-order valence-electron chi connectivity index (χ4n) is 14.3. The number of amidine groups is 2. The van der Waals surface area contributed by atoms with Crippen LogP contribution < -0.4 is 5.73 Å². The van der Waals surface area contributed by atoms with E-state index in [0.29, 0.717) is 62.1 Å². The predicted molar refractivity (Wildman–Crippen MR) is 351 cm³/mol. The number of benzene rings is 4. The minimum atomic E-state index is -1.25. The van der Waals surface area contributed by atoms with Gasteiger partial charge in [0.15, 0.2) is 10.3 Å². The van der Waals surface area contributed by atoms with Gasteiger partial charge in [-0.2, -0.15) is 0 Å². The van der Waals surface area contributed by atoms with Crippen molar-refractivity contribution in [2.45, 2.75) is 153 Å². The molecule has 8 heterocycles. The number of amides is 4. The molecule has 0 aliphatic carbocycles. The third-order valence-electron chi connectivity index (χ3n) is 18.9. The molecule has 4 unspecified atom stereocenters. The Kier molecular flexibility index (Phi) is 18.4. The highest BCUT2D eigenvalue weighted by Crippen LogP contribution is 2.59. The van der Waals surface area contributed by atoms with Gasteiger partial charge in [-0.25, -0.2) is 18.8 Å². The van der Waals surface area contributed by atoms with E-state index < -0.39 is 41.5 Å². The number of rotatable bonds is 11. The number of likely N-dealkylation sites (N-methyl/N-ethyl adjacent to an activating group) is 1. The van der Waals surface area contributed by atoms with Crippen molar-refractivity contribution in [1.82, 2.24) is 34.3 Å². The molecule has 8 aliphatic rings. The van der Waals surface area contributed by atoms with Crippen molar-refractivity contribution in [3.05, 3.63) is 161 Å². The quantitative estimate of drug-likeness (QED) is 0.154. The van der Waals surface area contributed by atoms with E-state index in [0.717, 1.165) is 44.0 Å². The van der Waals surface area contributed by atoms with E-state index in [1.54, 1.807) is 14.7 Å². The number of carbonyl (C=O) groups excluding carboxylic acids is 4. The molecule has 88 heavy (non-hydrogen) atoms. The Morgan fingerprint density at radius 2 is 0.909 bits per heavy atom. The molecular formula is C66H76Cl4F2N10O4S2. The number of halogens is 6. The van der Waals surface area contributed by atoms with Crippen LogP contribution >= 0.6 is 69.9 Å². The van der Waals surface area contributed by atoms with Crippen molar-refractivity contribution in [2.24, 2.45) is 27.6 Å². The van der Waals surface area contributed by atoms with Gasteiger partial charge in [0.05, 0.1) is 37.3 Å². The number of allylic oxidation sites excluding steroid dienone is 2. The lowest BCUT2D eigenvalue weighted by Gasteiger charge is -2.37. The molecule has 12 rings (SSSR count). The van der Waals surface area contributed by atoms with E-state index >= 15 is 0 Å². The summed E-state index contributed by atoms with van der Waals surface area (Å²) in [5.41, 5.74) is 10.4. The Bertz CT molecular complexity index is 3490. The minimum Gasteiger partial charge on any atom is -0.336 e. The SMILES string of the molecule is CC(C)C1=C(C(=O)N2[C@H](C)CC[C@H]2C(=O)N2CC(F)C(N(C)C)C2)SC2=N[C@@](C)(c3ccc(Cl)cc3)[C@@H](c3ccc(Cl)cc3)N21.CC(C)C1=C(C(=O)N2[C@H](C)CC[C@H]2C(=O)N2CC(N)C(F)C2)SC2=N[C@@](C)(c3ccc(Cl)cc3)[C@@H](c3ccc(Cl)cc3)N21. The van der Waals surface area contributed by atoms with Crippen LogP contribution in [0.25, 0.3) is 0 Å². The van der Waals surface area contributed by atoms with Gasteiger partial charge in [0.25, 0.3) is 11.8 Å². The van der Waals surface area contributed by atoms with E-state index in [1.165, 1.54) is 28.4 Å². The fourth-order valence-corrected chi connectivity index (χ4v) is 17.5. The number of fused-ring (bicyclic) bond motifs is 2. The van der Waals surface area contributed by atoms with Crippen molar-refractivity contribution in [3.8, 4) is 0 Å². The first kappa shape index (κ1) is 64.4. The number of alkyl halides is 2. The topological polar surface area (TPSA) is 142 Å². The molecule has 4 saturated heterocycles. The van der Waals surface area contributed by atoms with Crippen LogP contribution in [0.5, 0.6) is 0 Å². The third kappa shape index (κ3) is 11.6. The maximum Gasteiger partial charge on any atom is 0.263 e. The van der Waals surface area contributed by atoms with E-state index in [2.05, 4.69) is 51.3 Å². The van der Waals surface area contributed by atoms with E-state index in [-0.39, 0.29) is 85.3 Å². The summed E-state index contributed by atoms with van der Waals surface area (Å²) in [6, 6.07) is 28.0. The van der Waals surface area contributed by atoms with Crippen LogP contribution in [0.15, 0.2) is 128 Å². The van der Waals surface area contributed by atoms with Gasteiger partial charge < -0.3 is 40.0 Å². The average molecular weight is 1320 g/mol. The molecule has 14 nitrogen and oxygen atoms in total. The Morgan fingerprint density at radius 1 is 0.557 bits per heavy atom. The van der Waals surface area contributed by atoms with Crippen LogP contribution in [-0.4, -0.2) is 157 Å². The summed E-state index contributed by atoms with van der Waals surface area (Å²) in [4.78, 5) is 81.1. The zero-order chi connectivity index (χ0) is 63.2. The first-order valence-corrected chi connectivity index (χ1v) is 33.4. The molecule has 0 saturated carbocycles. The number of carbonyl (C=O) groups is 4. The number of thioether (sulfide) groups is 2. The van der Waals surface area contributed by atoms with Crippen LogP contribution in [0, 0.1) is 11.8 Å². The van der Waals surface area contributed by atoms with Crippen LogP contribution in [0.1, 0.15) is 115 Å². The predicted octanol–water partition coefficient (Wildman–Crippen LogP) is 12.8. The second kappa shape index (κ2) is 25.1. The van der Waals surface area contributed by atoms with Crippen LogP contribution in [0.4, 0.5) is 8.78 Å². The van der Waals surface area contributed by atoms with E-state index in [1.807, 2.05) is 130 Å². The van der Waals surface area contributed by atoms with Crippen molar-refractivity contribution in [3.63, 3.8) is 0 Å². The van der Waals surface area contributed by atoms with Crippen molar-refractivity contribution < 1.29 is 28.0 Å². The second-order valence-corrected chi connectivity index (χ2v) is 29.4. The van der Waals surface area contributed by atoms with E-state index in [4.69, 9.17) is 62.1 Å². The van der Waals surface area contributed by atoms with Gasteiger partial charge in [0.1, 0.15) is 45.3 Å². The third-order valence-corrected chi connectivity index (χ3v) is 22.0. The number of nitrogens with two attached hydrogens (primary N) is 1. The number of hydrogen-bond acceptors (Lipinski definition) is 12. The van der Waals surface area contributed by atoms with Crippen LogP contribution in [-0.2, 0) is 30.3 Å². The molecule has 468 valence electrons. The number of likely N-dealkylation sites (tertiary alicyclic amines) is 4. The van der Waals surface area contributed by atoms with Gasteiger partial charge in [-0.1, -0.05) is 123 Å². The summed E-state index contributed by atoms with van der Waals surface area (Å²) < 4.78 is 29.1. The maximum absolute atomic E-state index is 14.8. The lowest BCUT2D eigenvalue weighted by molar-refractivity contribution is -0.142. The van der Waals surface area contributed by atoms with Gasteiger partial charge >= 0.3 is 0 Å². The Morgan fingerprint density at radius 3 is 1.24 bits per heavy atom. The minimum absolute atomic E-state index is 0.00898. The number of hydrogen-bond donors (Lipinski definition) is 1. The molecule has 0 radical (unpaired) electrons. The standard InChI is InChI=1S/C34H40Cl2FN5O2S.C32H36Cl2FN5O2S/c1-19(2)28-29(32(44)41-20(3)7-16-26(41)31(43)40-17-25(37)27(18-40)39(5)6)45-33-38-34(4,22-10-14-24(36)15-11-22)30(42(28)33)21-8-12-23(35)13-9-21;1-17(2)26-27(30(42)39-18(3)5-14-25(39)29(41)38-15-23(35)24(36)16-38)43-31-37-32(4,20-8-12-22(34)13-9-20)28(40(26)31)19-6-10-21(33)11-7-19/h8-15,19-20,25-27,30H,7,16-18H2,1-6H3;6-13,17-18,23-25,28H,5,14-16,36H2,1-4H3/t20-,25?,26+,27?,30-,34+;18-,23?,24?,25+,28-,32+/m11/s1. The fraction of sp³-hybridized carbons (Fsp3) is 0.485. The van der Waals surface area contributed by atoms with E-state index in [9.17, 15) is 28.0 Å². The number of aliphatic imine (C=N–C) groups is 2. The van der Waals surface area contributed by atoms with Crippen molar-refractivity contribution in [2.75, 3.05) is 40.3 Å². The van der Waals surface area contributed by atoms with Gasteiger partial charge in [-0.3, -0.25) is 19.2 Å². The molecule has 0 bridgehead atoms. The molecule has 22 heteroatoms. The Hall–Kier alpha value is -5.18. The molecule has 2 N–H and O–H groups in total. The van der Waals surface area contributed by atoms with Crippen LogP contribution in [0.2, 0.25) is 20.1 Å². The highest BCUT2D eigenvalue weighted by molar-refractivity contribution is 8.18. The molecule has 4 fully saturated rings. The normalized spacial score (nSPS) is 30.1. The van der Waals surface area contributed by atoms with Gasteiger partial charge in [0, 0.05) is 56.7 Å². The van der Waals surface area contributed by atoms with Crippen molar-refractivity contribution in [1.29, 1.82) is 0 Å². The molecule has 12 atom stereocenters. The maximum atomic E-state index is 14.8. The smallest absolute Gasteiger partial charge is 0.263 e. The molecule has 4 aromatic rings. The Labute approximate surface area is 543 Å². The number of nitrogens with zero attached hydrogens (tertiary/aromatic N) is 9. The zero-order valence-corrected chi connectivity index (χ0v) is 55.8. The van der Waals surface area contributed by atoms with Gasteiger partial charge in [-0.05, 0) is 174 Å². The highest BCUT2D eigenvalue weighted by atomic mass is 35.5. The van der Waals surface area contributed by atoms with Gasteiger partial charge in [-0.15, -0.1) is 0 Å². The highest BCUT2D eigenvalue weighted by Gasteiger charge is 2.57. The molecule has 8 aliphatic heterocycles. The summed E-state index contributed by atoms with van der Waals surface area (Å²) in [6.45, 7) is 17.0. The largest absolute Gasteiger partial charge is 0.336 e. The first-order valence-electron chi connectivity index (χ1n) is 30.3. The zero-order valence-electron chi connectivity index (χ0n) is 51.1. The van der Waals surface area contributed by atoms with Gasteiger partial charge in [0.2, 0.25) is 11.8 Å². The van der Waals surface area contributed by atoms with Crippen LogP contribution in [0.3, 0.4) is 0 Å². The summed E-state index contributed by atoms with van der Waals surface area (Å²) >= 11 is 27.9. The summed E-state index contributed by atoms with van der Waals surface area (Å²) in [5.74, 6) is -0.760. The second-order valence-electron chi connectivity index (χ2n) is 25.7. The molecule has 0 aromatic heterocycles. The molecule has 4 amide bonds. The lowest BCUT2D eigenvalue weighted by Crippen LogP contribution is -2.50. The monoisotopic (exact) mass is 1310 g/mol.